The van der Waals surface area contributed by atoms with Crippen LogP contribution in [0, 0.1) is 0 Å². The number of hydrogen-bond donors (Lipinski definition) is 1. The van der Waals surface area contributed by atoms with Crippen molar-refractivity contribution >= 4 is 12.3 Å². The molecule has 0 aromatic rings. The lowest BCUT2D eigenvalue weighted by atomic mass is 9.80. The molecule has 238 valence electrons. The molecule has 2 rings (SSSR count). The Hall–Kier alpha value is -1.06. The Morgan fingerprint density at radius 3 is 1.60 bits per heavy atom. The summed E-state index contributed by atoms with van der Waals surface area (Å²) in [5.74, 6) is -0.126. The van der Waals surface area contributed by atoms with Gasteiger partial charge in [0.25, 0.3) is 0 Å². The van der Waals surface area contributed by atoms with E-state index in [2.05, 4.69) is 32.8 Å². The molecule has 0 bridgehead atoms. The van der Waals surface area contributed by atoms with Crippen molar-refractivity contribution in [1.82, 2.24) is 10.1 Å². The van der Waals surface area contributed by atoms with E-state index >= 15 is 0 Å². The molecule has 0 saturated carbocycles. The summed E-state index contributed by atoms with van der Waals surface area (Å²) in [7, 11) is 3.54. The zero-order valence-electron chi connectivity index (χ0n) is 28.1. The maximum absolute atomic E-state index is 12.1. The van der Waals surface area contributed by atoms with Crippen molar-refractivity contribution in [3.63, 3.8) is 0 Å². The average Bonchev–Trinajstić information content (AvgIpc) is 2.84. The number of carbonyl (C=O) groups is 2. The van der Waals surface area contributed by atoms with Gasteiger partial charge >= 0.3 is 5.97 Å². The number of methoxy groups -OCH3 is 1. The Morgan fingerprint density at radius 2 is 1.18 bits per heavy atom. The number of hydrogen-bond acceptors (Lipinski definition) is 8. The first-order valence-electron chi connectivity index (χ1n) is 15.5. The van der Waals surface area contributed by atoms with Gasteiger partial charge in [-0.05, 0) is 81.1 Å². The lowest BCUT2D eigenvalue weighted by Crippen LogP contribution is -2.61. The van der Waals surface area contributed by atoms with E-state index in [1.54, 1.807) is 14.2 Å². The first-order chi connectivity index (χ1) is 18.5. The zero-order valence-corrected chi connectivity index (χ0v) is 28.1. The molecule has 8 nitrogen and oxygen atoms in total. The quantitative estimate of drug-likeness (QED) is 0.146. The van der Waals surface area contributed by atoms with Crippen LogP contribution in [-0.2, 0) is 23.9 Å². The van der Waals surface area contributed by atoms with Crippen LogP contribution < -0.4 is 0 Å². The van der Waals surface area contributed by atoms with Gasteiger partial charge in [0.2, 0.25) is 0 Å². The number of hydroxylamine groups is 4. The number of piperidine rings is 2. The Kier molecular flexibility index (Phi) is 17.3. The first-order valence-corrected chi connectivity index (χ1v) is 15.5. The standard InChI is InChI=1S/C19H35NO4.C11H23NO2.C2H6/c1-18(2)14-16(15-19(3,4)20(18)23)24-17(22)12-10-8-6-5-7-9-11-13-21;1-10(2)7-9(13-5)8-11(3,4)12(10)14-6;1-2/h13,16,23H,5-12,14-15H2,1-4H3;9H,7-8H2,1-6H3;1-2H3. The molecular weight excluding hydrogens is 508 g/mol. The third-order valence-electron chi connectivity index (χ3n) is 7.92. The van der Waals surface area contributed by atoms with Crippen molar-refractivity contribution < 1.29 is 29.1 Å². The van der Waals surface area contributed by atoms with Gasteiger partial charge in [-0.15, -0.1) is 0 Å². The molecule has 0 amide bonds. The van der Waals surface area contributed by atoms with E-state index in [0.29, 0.717) is 31.8 Å². The fourth-order valence-electron chi connectivity index (χ4n) is 6.54. The van der Waals surface area contributed by atoms with Gasteiger partial charge in [0.15, 0.2) is 0 Å². The zero-order chi connectivity index (χ0) is 31.2. The Morgan fingerprint density at radius 1 is 0.750 bits per heavy atom. The summed E-state index contributed by atoms with van der Waals surface area (Å²) < 4.78 is 11.1. The minimum Gasteiger partial charge on any atom is -0.462 e. The van der Waals surface area contributed by atoms with E-state index in [0.717, 1.165) is 57.7 Å². The van der Waals surface area contributed by atoms with E-state index in [-0.39, 0.29) is 23.2 Å². The molecule has 0 spiro atoms. The van der Waals surface area contributed by atoms with Crippen LogP contribution in [0.5, 0.6) is 0 Å². The van der Waals surface area contributed by atoms with E-state index in [1.807, 2.05) is 41.5 Å². The number of ether oxygens (including phenoxy) is 2. The van der Waals surface area contributed by atoms with Crippen LogP contribution in [0.15, 0.2) is 0 Å². The number of esters is 1. The first kappa shape index (κ1) is 38.9. The van der Waals surface area contributed by atoms with Crippen molar-refractivity contribution in [3.8, 4) is 0 Å². The maximum Gasteiger partial charge on any atom is 0.306 e. The van der Waals surface area contributed by atoms with Crippen molar-refractivity contribution in [1.29, 1.82) is 0 Å². The molecule has 2 fully saturated rings. The number of unbranched alkanes of at least 4 members (excludes halogenated alkanes) is 6. The fraction of sp³-hybridized carbons (Fsp3) is 0.938. The highest BCUT2D eigenvalue weighted by atomic mass is 16.7. The Labute approximate surface area is 246 Å². The monoisotopic (exact) mass is 572 g/mol. The molecule has 0 aromatic carbocycles. The Bertz CT molecular complexity index is 686. The minimum absolute atomic E-state index is 0.0389. The molecule has 2 aliphatic heterocycles. The summed E-state index contributed by atoms with van der Waals surface area (Å²) in [4.78, 5) is 27.8. The summed E-state index contributed by atoms with van der Waals surface area (Å²) in [5, 5.41) is 13.8. The lowest BCUT2D eigenvalue weighted by molar-refractivity contribution is -0.278. The molecule has 8 heteroatoms. The number of carbonyl (C=O) groups excluding carboxylic acids is 2. The molecule has 2 heterocycles. The minimum atomic E-state index is -0.395. The van der Waals surface area contributed by atoms with Gasteiger partial charge < -0.3 is 24.3 Å². The van der Waals surface area contributed by atoms with Gasteiger partial charge in [-0.3, -0.25) is 4.79 Å². The highest BCUT2D eigenvalue weighted by Crippen LogP contribution is 2.39. The molecule has 2 aliphatic rings. The van der Waals surface area contributed by atoms with Gasteiger partial charge in [-0.2, -0.15) is 10.1 Å². The lowest BCUT2D eigenvalue weighted by Gasteiger charge is -2.52. The smallest absolute Gasteiger partial charge is 0.306 e. The summed E-state index contributed by atoms with van der Waals surface area (Å²) >= 11 is 0. The number of rotatable bonds is 12. The van der Waals surface area contributed by atoms with Crippen LogP contribution in [-0.4, -0.2) is 76.2 Å². The van der Waals surface area contributed by atoms with Crippen LogP contribution in [0.25, 0.3) is 0 Å². The van der Waals surface area contributed by atoms with Crippen LogP contribution in [0.1, 0.15) is 146 Å². The molecule has 40 heavy (non-hydrogen) atoms. The molecule has 1 N–H and O–H groups in total. The largest absolute Gasteiger partial charge is 0.462 e. The van der Waals surface area contributed by atoms with E-state index in [1.165, 1.54) is 5.06 Å². The molecule has 0 atom stereocenters. The molecule has 0 radical (unpaired) electrons. The highest BCUT2D eigenvalue weighted by Gasteiger charge is 2.47. The predicted molar refractivity (Wildman–Crippen MR) is 162 cm³/mol. The van der Waals surface area contributed by atoms with Crippen LogP contribution in [0.3, 0.4) is 0 Å². The van der Waals surface area contributed by atoms with Crippen molar-refractivity contribution in [3.05, 3.63) is 0 Å². The SMILES string of the molecule is CC.CC1(C)CC(OC(=O)CCCCCCCCC=O)CC(C)(C)N1O.COC1CC(C)(C)N(OC)C(C)(C)C1. The van der Waals surface area contributed by atoms with Gasteiger partial charge in [0, 0.05) is 54.9 Å². The molecule has 2 saturated heterocycles. The van der Waals surface area contributed by atoms with Crippen LogP contribution in [0.2, 0.25) is 0 Å². The van der Waals surface area contributed by atoms with Crippen molar-refractivity contribution in [2.24, 2.45) is 0 Å². The summed E-state index contributed by atoms with van der Waals surface area (Å²) in [6.07, 6.45) is 11.8. The van der Waals surface area contributed by atoms with Gasteiger partial charge in [-0.25, -0.2) is 0 Å². The van der Waals surface area contributed by atoms with Crippen molar-refractivity contribution in [2.45, 2.75) is 181 Å². The molecule has 0 unspecified atom stereocenters. The van der Waals surface area contributed by atoms with Crippen LogP contribution in [0.4, 0.5) is 0 Å². The van der Waals surface area contributed by atoms with Crippen LogP contribution >= 0.6 is 0 Å². The van der Waals surface area contributed by atoms with Gasteiger partial charge in [0.1, 0.15) is 12.4 Å². The summed E-state index contributed by atoms with van der Waals surface area (Å²) in [5.41, 5.74) is -0.712. The maximum atomic E-state index is 12.1. The second-order valence-electron chi connectivity index (χ2n) is 13.7. The van der Waals surface area contributed by atoms with Gasteiger partial charge in [-0.1, -0.05) is 39.5 Å². The molecular formula is C32H64N2O6. The molecule has 0 aromatic heterocycles. The second-order valence-corrected chi connectivity index (χ2v) is 13.7. The predicted octanol–water partition coefficient (Wildman–Crippen LogP) is 7.50. The second kappa shape index (κ2) is 17.8. The average molecular weight is 573 g/mol. The number of nitrogens with zero attached hydrogens (tertiary/aromatic N) is 2. The Balaban J connectivity index is 0.000000805. The highest BCUT2D eigenvalue weighted by molar-refractivity contribution is 5.69. The van der Waals surface area contributed by atoms with Crippen molar-refractivity contribution in [2.75, 3.05) is 14.2 Å². The summed E-state index contributed by atoms with van der Waals surface area (Å²) in [6.45, 7) is 20.7. The van der Waals surface area contributed by atoms with E-state index in [9.17, 15) is 14.8 Å². The van der Waals surface area contributed by atoms with E-state index in [4.69, 9.17) is 14.3 Å². The van der Waals surface area contributed by atoms with E-state index < -0.39 is 11.1 Å². The number of aldehydes is 1. The van der Waals surface area contributed by atoms with Gasteiger partial charge in [0.05, 0.1) is 13.2 Å². The third-order valence-corrected chi connectivity index (χ3v) is 7.92. The molecule has 0 aliphatic carbocycles. The normalized spacial score (nSPS) is 22.3. The summed E-state index contributed by atoms with van der Waals surface area (Å²) in [6, 6.07) is 0. The fourth-order valence-corrected chi connectivity index (χ4v) is 6.54. The third kappa shape index (κ3) is 12.8. The topological polar surface area (TPSA) is 88.5 Å².